The van der Waals surface area contributed by atoms with E-state index in [1.54, 1.807) is 0 Å². The molecule has 11 nitrogen and oxygen atoms in total. The van der Waals surface area contributed by atoms with Crippen LogP contribution in [0, 0.1) is 0 Å². The molecule has 7 N–H and O–H groups in total. The van der Waals surface area contributed by atoms with Gasteiger partial charge in [-0.2, -0.15) is 0 Å². The van der Waals surface area contributed by atoms with Gasteiger partial charge in [-0.3, -0.25) is 9.36 Å². The Balaban J connectivity index is 0.00000210. The molecule has 2 aromatic heterocycles. The molecule has 1 aliphatic rings. The minimum absolute atomic E-state index is 0. The number of ether oxygens (including phenoxy) is 1. The maximum Gasteiger partial charge on any atom is 0.320 e. The van der Waals surface area contributed by atoms with Crippen LogP contribution in [0.15, 0.2) is 12.7 Å². The van der Waals surface area contributed by atoms with E-state index in [9.17, 15) is 15.0 Å². The number of imidazole rings is 1. The van der Waals surface area contributed by atoms with Crippen LogP contribution in [-0.4, -0.2) is 82.9 Å². The molecule has 0 aromatic carbocycles. The van der Waals surface area contributed by atoms with E-state index in [1.165, 1.54) is 17.2 Å². The van der Waals surface area contributed by atoms with Gasteiger partial charge in [-0.05, 0) is 10.9 Å². The first-order chi connectivity index (χ1) is 12.8. The van der Waals surface area contributed by atoms with E-state index in [2.05, 4.69) is 15.0 Å². The number of hydrogen-bond acceptors (Lipinski definition) is 9. The summed E-state index contributed by atoms with van der Waals surface area (Å²) < 4.78 is 7.41. The van der Waals surface area contributed by atoms with Gasteiger partial charge < -0.3 is 43.9 Å². The van der Waals surface area contributed by atoms with Crippen LogP contribution in [0.2, 0.25) is 0 Å². The van der Waals surface area contributed by atoms with Crippen molar-refractivity contribution in [1.82, 2.24) is 19.5 Å². The van der Waals surface area contributed by atoms with Gasteiger partial charge >= 0.3 is 5.97 Å². The number of nitrogens with two attached hydrogens (primary N) is 2. The summed E-state index contributed by atoms with van der Waals surface area (Å²) in [4.78, 5) is 23.0. The average molecular weight is 472 g/mol. The number of fused-ring (bicyclic) bond motifs is 1. The number of hydrogen-bond donors (Lipinski definition) is 5. The molecular formula is C15H24Cl2N6O5S. The zero-order valence-electron chi connectivity index (χ0n) is 15.5. The highest BCUT2D eigenvalue weighted by molar-refractivity contribution is 7.96. The molecule has 2 aromatic rings. The molecule has 1 saturated heterocycles. The summed E-state index contributed by atoms with van der Waals surface area (Å²) >= 11 is 0. The number of aromatic nitrogens is 4. The summed E-state index contributed by atoms with van der Waals surface area (Å²) in [5.74, 6) is 0.254. The Morgan fingerprint density at radius 2 is 2.03 bits per heavy atom. The molecule has 0 spiro atoms. The molecule has 14 heteroatoms. The first-order valence-corrected chi connectivity index (χ1v) is 10.3. The Labute approximate surface area is 182 Å². The van der Waals surface area contributed by atoms with Crippen LogP contribution in [0.4, 0.5) is 5.82 Å². The Kier molecular flexibility index (Phi) is 9.34. The number of aliphatic hydroxyl groups excluding tert-OH is 2. The molecule has 1 fully saturated rings. The first kappa shape index (κ1) is 25.6. The summed E-state index contributed by atoms with van der Waals surface area (Å²) in [6.07, 6.45) is 1.31. The van der Waals surface area contributed by atoms with Gasteiger partial charge in [-0.25, -0.2) is 15.0 Å². The van der Waals surface area contributed by atoms with Gasteiger partial charge in [0.25, 0.3) is 0 Å². The minimum atomic E-state index is -1.16. The lowest BCUT2D eigenvalue weighted by molar-refractivity contribution is -0.138. The van der Waals surface area contributed by atoms with Gasteiger partial charge in [0, 0.05) is 6.42 Å². The quantitative estimate of drug-likeness (QED) is 0.195. The highest BCUT2D eigenvalue weighted by atomic mass is 35.5. The molecule has 3 heterocycles. The van der Waals surface area contributed by atoms with Crippen LogP contribution in [0.25, 0.3) is 11.2 Å². The SMILES string of the molecule is Cl.[13CH3][S+](CCC(N)C(=O)O)C[C@H]1O[C@@H](n2cnc3c(N)ncnc32)[C@H](O)[C@@H]1O.[Cl-]. The van der Waals surface area contributed by atoms with Gasteiger partial charge in [0.1, 0.15) is 47.7 Å². The molecule has 0 radical (unpaired) electrons. The molecule has 6 atom stereocenters. The van der Waals surface area contributed by atoms with Crippen LogP contribution < -0.4 is 23.9 Å². The lowest BCUT2D eigenvalue weighted by Crippen LogP contribution is -3.00. The number of anilines is 1. The third-order valence-corrected chi connectivity index (χ3v) is 6.37. The van der Waals surface area contributed by atoms with E-state index in [4.69, 9.17) is 21.3 Å². The Morgan fingerprint density at radius 3 is 2.69 bits per heavy atom. The largest absolute Gasteiger partial charge is 1.00 e. The fraction of sp³-hybridized carbons (Fsp3) is 0.600. The average Bonchev–Trinajstić information content (AvgIpc) is 3.17. The van der Waals surface area contributed by atoms with E-state index >= 15 is 0 Å². The fourth-order valence-electron chi connectivity index (χ4n) is 2.97. The highest BCUT2D eigenvalue weighted by Gasteiger charge is 2.46. The van der Waals surface area contributed by atoms with Crippen molar-refractivity contribution in [2.24, 2.45) is 5.73 Å². The second-order valence-electron chi connectivity index (χ2n) is 6.51. The molecule has 1 aliphatic heterocycles. The van der Waals surface area contributed by atoms with Crippen molar-refractivity contribution in [3.8, 4) is 0 Å². The topological polar surface area (TPSA) is 183 Å². The van der Waals surface area contributed by atoms with E-state index in [0.29, 0.717) is 29.1 Å². The van der Waals surface area contributed by atoms with Crippen molar-refractivity contribution >= 4 is 46.3 Å². The third kappa shape index (κ3) is 5.40. The van der Waals surface area contributed by atoms with Crippen LogP contribution in [0.3, 0.4) is 0 Å². The lowest BCUT2D eigenvalue weighted by Gasteiger charge is -2.16. The third-order valence-electron chi connectivity index (χ3n) is 4.54. The molecule has 3 rings (SSSR count). The predicted octanol–water partition coefficient (Wildman–Crippen LogP) is -4.50. The smallest absolute Gasteiger partial charge is 0.320 e. The summed E-state index contributed by atoms with van der Waals surface area (Å²) in [5, 5.41) is 29.7. The first-order valence-electron chi connectivity index (χ1n) is 8.31. The summed E-state index contributed by atoms with van der Waals surface area (Å²) in [6.45, 7) is 0. The summed E-state index contributed by atoms with van der Waals surface area (Å²) in [6, 6.07) is -0.907. The number of rotatable bonds is 7. The molecule has 2 unspecified atom stereocenters. The van der Waals surface area contributed by atoms with Gasteiger partial charge in [-0.15, -0.1) is 12.4 Å². The van der Waals surface area contributed by atoms with Gasteiger partial charge in [0.15, 0.2) is 17.7 Å². The highest BCUT2D eigenvalue weighted by Crippen LogP contribution is 2.32. The normalized spacial score (nSPS) is 25.8. The maximum absolute atomic E-state index is 10.8. The van der Waals surface area contributed by atoms with Crippen molar-refractivity contribution in [2.45, 2.75) is 37.0 Å². The molecule has 0 saturated carbocycles. The molecule has 0 aliphatic carbocycles. The van der Waals surface area contributed by atoms with Crippen molar-refractivity contribution in [3.63, 3.8) is 0 Å². The molecular weight excluding hydrogens is 448 g/mol. The number of nitrogens with zero attached hydrogens (tertiary/aromatic N) is 4. The van der Waals surface area contributed by atoms with E-state index in [1.807, 2.05) is 6.26 Å². The number of carboxylic acid groups (broad SMARTS) is 1. The standard InChI is InChI=1S/C15H22N6O5S.2ClH/c1-27(3-2-7(16)15(24)25)4-8-10(22)11(23)14(26-8)21-6-20-9-12(17)18-5-19-13(9)21;;/h5-8,10-11,14,22-23H,2-4,16H2,1H3,(H2-,17,18,19,24,25);2*1H/t7?,8-,10-,11-,14-,27?;;/m1../s1/i1+1;;. The van der Waals surface area contributed by atoms with Crippen molar-refractivity contribution in [1.29, 1.82) is 0 Å². The van der Waals surface area contributed by atoms with Crippen LogP contribution in [0.1, 0.15) is 12.6 Å². The van der Waals surface area contributed by atoms with Crippen molar-refractivity contribution < 1.29 is 37.3 Å². The van der Waals surface area contributed by atoms with Crippen molar-refractivity contribution in [2.75, 3.05) is 23.5 Å². The van der Waals surface area contributed by atoms with Crippen LogP contribution in [0.5, 0.6) is 0 Å². The fourth-order valence-corrected chi connectivity index (χ4v) is 4.63. The number of aliphatic hydroxyl groups is 2. The van der Waals surface area contributed by atoms with Crippen LogP contribution in [-0.2, 0) is 20.4 Å². The van der Waals surface area contributed by atoms with E-state index < -0.39 is 36.6 Å². The lowest BCUT2D eigenvalue weighted by atomic mass is 10.1. The summed E-state index contributed by atoms with van der Waals surface area (Å²) in [5.41, 5.74) is 12.1. The number of nitrogen functional groups attached to an aromatic ring is 1. The van der Waals surface area contributed by atoms with Crippen LogP contribution >= 0.6 is 12.4 Å². The van der Waals surface area contributed by atoms with E-state index in [-0.39, 0.29) is 41.5 Å². The monoisotopic (exact) mass is 471 g/mol. The second-order valence-corrected chi connectivity index (χ2v) is 8.82. The zero-order valence-corrected chi connectivity index (χ0v) is 17.8. The minimum Gasteiger partial charge on any atom is -1.00 e. The maximum atomic E-state index is 10.8. The Hall–Kier alpha value is -1.41. The number of aliphatic carboxylic acids is 1. The zero-order chi connectivity index (χ0) is 19.7. The molecule has 29 heavy (non-hydrogen) atoms. The summed E-state index contributed by atoms with van der Waals surface area (Å²) in [7, 11) is -0.235. The Bertz CT molecular complexity index is 830. The molecule has 164 valence electrons. The van der Waals surface area contributed by atoms with Gasteiger partial charge in [0.05, 0.1) is 12.6 Å². The predicted molar refractivity (Wildman–Crippen MR) is 106 cm³/mol. The molecule has 0 bridgehead atoms. The number of carboxylic acids is 1. The van der Waals surface area contributed by atoms with E-state index in [0.717, 1.165) is 0 Å². The number of halogens is 2. The molecule has 0 amide bonds. The van der Waals surface area contributed by atoms with Gasteiger partial charge in [0.2, 0.25) is 0 Å². The number of carbonyl (C=O) groups is 1. The second kappa shape index (κ2) is 10.6. The Morgan fingerprint density at radius 1 is 1.34 bits per heavy atom. The van der Waals surface area contributed by atoms with Gasteiger partial charge in [-0.1, -0.05) is 0 Å². The van der Waals surface area contributed by atoms with Crippen molar-refractivity contribution in [3.05, 3.63) is 12.7 Å².